The second-order valence-corrected chi connectivity index (χ2v) is 7.43. The Balaban J connectivity index is 1.90. The summed E-state index contributed by atoms with van der Waals surface area (Å²) in [7, 11) is 1.56. The van der Waals surface area contributed by atoms with Crippen LogP contribution in [0, 0.1) is 15.5 Å². The summed E-state index contributed by atoms with van der Waals surface area (Å²) in [5.41, 5.74) is 0.186. The number of amides is 2. The molecule has 2 atom stereocenters. The summed E-state index contributed by atoms with van der Waals surface area (Å²) in [5, 5.41) is 13.9. The largest absolute Gasteiger partial charge is 0.367 e. The second kappa shape index (κ2) is 5.73. The van der Waals surface area contributed by atoms with Crippen LogP contribution in [0.3, 0.4) is 0 Å². The quantitative estimate of drug-likeness (QED) is 0.345. The predicted octanol–water partition coefficient (Wildman–Crippen LogP) is 1.37. The fourth-order valence-corrected chi connectivity index (χ4v) is 4.66. The number of non-ortho nitro benzene ring substituents is 1. The lowest BCUT2D eigenvalue weighted by Crippen LogP contribution is -2.71. The molecule has 0 bridgehead atoms. The minimum absolute atomic E-state index is 0.0399. The molecule has 0 aliphatic carbocycles. The Labute approximate surface area is 155 Å². The third-order valence-electron chi connectivity index (χ3n) is 5.74. The van der Waals surface area contributed by atoms with Crippen molar-refractivity contribution in [1.82, 2.24) is 10.2 Å². The number of nitro groups is 1. The van der Waals surface area contributed by atoms with Gasteiger partial charge in [-0.1, -0.05) is 0 Å². The van der Waals surface area contributed by atoms with Gasteiger partial charge in [-0.25, -0.2) is 0 Å². The lowest BCUT2D eigenvalue weighted by molar-refractivity contribution is -0.384. The van der Waals surface area contributed by atoms with E-state index < -0.39 is 16.2 Å². The summed E-state index contributed by atoms with van der Waals surface area (Å²) in [5.74, 6) is -0.736. The van der Waals surface area contributed by atoms with Crippen LogP contribution in [0.25, 0.3) is 0 Å². The first kappa shape index (κ1) is 16.9. The maximum Gasteiger partial charge on any atom is 0.269 e. The van der Waals surface area contributed by atoms with Gasteiger partial charge in [0.2, 0.25) is 11.8 Å². The zero-order chi connectivity index (χ0) is 18.6. The van der Waals surface area contributed by atoms with Gasteiger partial charge in [0.1, 0.15) is 0 Å². The first-order chi connectivity index (χ1) is 12.4. The molecule has 0 aromatic heterocycles. The normalized spacial score (nSPS) is 27.9. The number of rotatable bonds is 1. The monoisotopic (exact) mass is 374 g/mol. The van der Waals surface area contributed by atoms with Gasteiger partial charge in [0.05, 0.1) is 11.0 Å². The highest BCUT2D eigenvalue weighted by Gasteiger charge is 2.60. The van der Waals surface area contributed by atoms with E-state index in [-0.39, 0.29) is 29.2 Å². The van der Waals surface area contributed by atoms with Crippen molar-refractivity contribution < 1.29 is 14.5 Å². The molecule has 4 rings (SSSR count). The highest BCUT2D eigenvalue weighted by atomic mass is 32.1. The van der Waals surface area contributed by atoms with Crippen molar-refractivity contribution in [3.05, 3.63) is 33.9 Å². The molecule has 1 spiro atoms. The number of fused-ring (bicyclic) bond motifs is 4. The Bertz CT molecular complexity index is 857. The summed E-state index contributed by atoms with van der Waals surface area (Å²) >= 11 is 5.08. The molecule has 0 unspecified atom stereocenters. The molecule has 3 aliphatic heterocycles. The average Bonchev–Trinajstić information content (AvgIpc) is 2.64. The number of nitrogens with zero attached hydrogens (tertiary/aromatic N) is 3. The van der Waals surface area contributed by atoms with E-state index in [1.54, 1.807) is 13.1 Å². The molecule has 8 nitrogen and oxygen atoms in total. The number of hydrogen-bond donors (Lipinski definition) is 1. The number of anilines is 1. The molecule has 1 N–H and O–H groups in total. The van der Waals surface area contributed by atoms with E-state index in [2.05, 4.69) is 10.2 Å². The molecule has 2 saturated heterocycles. The zero-order valence-electron chi connectivity index (χ0n) is 14.2. The van der Waals surface area contributed by atoms with Gasteiger partial charge in [-0.05, 0) is 43.1 Å². The van der Waals surface area contributed by atoms with E-state index >= 15 is 0 Å². The molecule has 9 heteroatoms. The van der Waals surface area contributed by atoms with Gasteiger partial charge in [0.25, 0.3) is 5.69 Å². The molecule has 2 fully saturated rings. The van der Waals surface area contributed by atoms with E-state index in [1.807, 2.05) is 0 Å². The van der Waals surface area contributed by atoms with Crippen LogP contribution in [0.2, 0.25) is 0 Å². The van der Waals surface area contributed by atoms with Crippen LogP contribution < -0.4 is 10.2 Å². The van der Waals surface area contributed by atoms with Crippen LogP contribution in [0.15, 0.2) is 18.2 Å². The minimum Gasteiger partial charge on any atom is -0.367 e. The van der Waals surface area contributed by atoms with Gasteiger partial charge in [-0.15, -0.1) is 0 Å². The number of thiocarbonyl (C=S) groups is 1. The number of hydrogen-bond acceptors (Lipinski definition) is 6. The lowest BCUT2D eigenvalue weighted by Gasteiger charge is -2.53. The minimum atomic E-state index is -1.31. The number of carbonyl (C=O) groups excluding carboxylic acids is 2. The maximum atomic E-state index is 13.2. The van der Waals surface area contributed by atoms with Crippen molar-refractivity contribution in [1.29, 1.82) is 0 Å². The molecular formula is C17H18N4O4S. The number of nitro benzene ring substituents is 1. The summed E-state index contributed by atoms with van der Waals surface area (Å²) in [6.07, 6.45) is 2.74. The second-order valence-electron chi connectivity index (χ2n) is 7.05. The molecule has 1 aromatic rings. The van der Waals surface area contributed by atoms with Crippen molar-refractivity contribution in [3.63, 3.8) is 0 Å². The van der Waals surface area contributed by atoms with Crippen molar-refractivity contribution in [2.24, 2.45) is 5.41 Å². The average molecular weight is 374 g/mol. The van der Waals surface area contributed by atoms with Crippen molar-refractivity contribution in [3.8, 4) is 0 Å². The van der Waals surface area contributed by atoms with Crippen LogP contribution in [-0.4, -0.2) is 46.4 Å². The molecule has 0 saturated carbocycles. The van der Waals surface area contributed by atoms with Gasteiger partial charge in [0, 0.05) is 37.8 Å². The van der Waals surface area contributed by atoms with E-state index in [4.69, 9.17) is 12.2 Å². The fraction of sp³-hybridized carbons (Fsp3) is 0.471. The van der Waals surface area contributed by atoms with Gasteiger partial charge in [-0.3, -0.25) is 24.6 Å². The molecule has 2 amide bonds. The van der Waals surface area contributed by atoms with Gasteiger partial charge >= 0.3 is 0 Å². The topological polar surface area (TPSA) is 95.8 Å². The number of nitrogens with one attached hydrogen (secondary N) is 1. The third-order valence-corrected chi connectivity index (χ3v) is 6.12. The standard InChI is InChI=1S/C17H18N4O4S/c1-19-15(23)17(14(22)18-16(19)26)9-10-8-11(21(24)25)5-6-12(10)20-7-3-2-4-13(17)20/h5-6,8,13H,2-4,7,9H2,1H3,(H,18,22,26)/t13-,17+/m1/s1. The molecular weight excluding hydrogens is 356 g/mol. The summed E-state index contributed by atoms with van der Waals surface area (Å²) < 4.78 is 0. The summed E-state index contributed by atoms with van der Waals surface area (Å²) in [4.78, 5) is 40.3. The van der Waals surface area contributed by atoms with Crippen LogP contribution in [-0.2, 0) is 16.0 Å². The maximum absolute atomic E-state index is 13.2. The van der Waals surface area contributed by atoms with Crippen molar-refractivity contribution >= 4 is 40.5 Å². The Morgan fingerprint density at radius 2 is 2.12 bits per heavy atom. The van der Waals surface area contributed by atoms with E-state index in [9.17, 15) is 19.7 Å². The zero-order valence-corrected chi connectivity index (χ0v) is 15.0. The molecule has 136 valence electrons. The Morgan fingerprint density at radius 3 is 2.85 bits per heavy atom. The van der Waals surface area contributed by atoms with Crippen LogP contribution >= 0.6 is 12.2 Å². The highest BCUT2D eigenvalue weighted by molar-refractivity contribution is 7.80. The van der Waals surface area contributed by atoms with Gasteiger partial charge < -0.3 is 10.2 Å². The lowest BCUT2D eigenvalue weighted by atomic mass is 9.66. The number of benzene rings is 1. The van der Waals surface area contributed by atoms with E-state index in [0.717, 1.165) is 24.9 Å². The molecule has 26 heavy (non-hydrogen) atoms. The summed E-state index contributed by atoms with van der Waals surface area (Å²) in [6.45, 7) is 0.714. The van der Waals surface area contributed by atoms with Crippen LogP contribution in [0.5, 0.6) is 0 Å². The van der Waals surface area contributed by atoms with Crippen molar-refractivity contribution in [2.75, 3.05) is 18.5 Å². The van der Waals surface area contributed by atoms with Gasteiger partial charge in [-0.2, -0.15) is 0 Å². The smallest absolute Gasteiger partial charge is 0.269 e. The van der Waals surface area contributed by atoms with Crippen molar-refractivity contribution in [2.45, 2.75) is 31.7 Å². The first-order valence-electron chi connectivity index (χ1n) is 8.54. The Morgan fingerprint density at radius 1 is 1.35 bits per heavy atom. The summed E-state index contributed by atoms with van der Waals surface area (Å²) in [6, 6.07) is 4.42. The number of carbonyl (C=O) groups is 2. The molecule has 3 heterocycles. The Hall–Kier alpha value is -2.55. The van der Waals surface area contributed by atoms with Crippen LogP contribution in [0.1, 0.15) is 24.8 Å². The first-order valence-corrected chi connectivity index (χ1v) is 8.94. The SMILES string of the molecule is CN1C(=O)[C@]2(Cc3cc([N+](=O)[O-])ccc3N3CCCC[C@@H]32)C(=O)NC1=S. The van der Waals surface area contributed by atoms with Gasteiger partial charge in [0.15, 0.2) is 10.5 Å². The van der Waals surface area contributed by atoms with E-state index in [1.165, 1.54) is 17.0 Å². The fourth-order valence-electron chi connectivity index (χ4n) is 4.49. The Kier molecular flexibility index (Phi) is 3.72. The number of piperidine rings is 1. The molecule has 3 aliphatic rings. The third kappa shape index (κ3) is 2.16. The molecule has 1 aromatic carbocycles. The van der Waals surface area contributed by atoms with Crippen LogP contribution in [0.4, 0.5) is 11.4 Å². The molecule has 0 radical (unpaired) electrons. The highest BCUT2D eigenvalue weighted by Crippen LogP contribution is 2.48. The van der Waals surface area contributed by atoms with E-state index in [0.29, 0.717) is 12.1 Å². The predicted molar refractivity (Wildman–Crippen MR) is 97.7 cm³/mol.